The maximum absolute atomic E-state index is 12.1. The second-order valence-electron chi connectivity index (χ2n) is 12.1. The number of hydrogen-bond donors (Lipinski definition) is 6. The van der Waals surface area contributed by atoms with Gasteiger partial charge in [-0.25, -0.2) is 15.6 Å². The van der Waals surface area contributed by atoms with E-state index in [0.717, 1.165) is 23.8 Å². The third kappa shape index (κ3) is 27.3. The molecule has 0 rings (SSSR count). The molecule has 0 aromatic heterocycles. The first-order valence-electron chi connectivity index (χ1n) is 17.2. The highest BCUT2D eigenvalue weighted by Gasteiger charge is 2.13. The van der Waals surface area contributed by atoms with Crippen LogP contribution >= 0.6 is 0 Å². The molecule has 0 aromatic rings. The summed E-state index contributed by atoms with van der Waals surface area (Å²) in [5, 5.41) is 35.0. The molecule has 5 amide bonds. The molecule has 6 N–H and O–H groups in total. The Morgan fingerprint density at radius 3 is 1.59 bits per heavy atom. The molecule has 0 aromatic carbocycles. The minimum absolute atomic E-state index is 0.0267. The van der Waals surface area contributed by atoms with Crippen LogP contribution in [0.1, 0.15) is 136 Å². The predicted octanol–water partition coefficient (Wildman–Crippen LogP) is 4.78. The van der Waals surface area contributed by atoms with Crippen LogP contribution in [-0.2, 0) is 24.0 Å². The summed E-state index contributed by atoms with van der Waals surface area (Å²) in [7, 11) is 0. The van der Waals surface area contributed by atoms with E-state index in [4.69, 9.17) is 5.21 Å². The van der Waals surface area contributed by atoms with Crippen LogP contribution in [0.4, 0.5) is 0 Å². The zero-order valence-corrected chi connectivity index (χ0v) is 28.3. The number of allylic oxidation sites excluding steroid dienone is 2. The van der Waals surface area contributed by atoms with E-state index in [9.17, 15) is 34.4 Å². The molecular weight excluding hydrogens is 594 g/mol. The Hall–Kier alpha value is -3.03. The molecule has 0 aliphatic heterocycles. The fourth-order valence-electron chi connectivity index (χ4n) is 4.56. The van der Waals surface area contributed by atoms with Gasteiger partial charge in [-0.3, -0.25) is 39.6 Å². The fraction of sp³-hybridized carbons (Fsp3) is 0.788. The second kappa shape index (κ2) is 29.4. The normalized spacial score (nSPS) is 11.1. The molecule has 13 nitrogen and oxygen atoms in total. The van der Waals surface area contributed by atoms with E-state index in [-0.39, 0.29) is 62.9 Å². The Morgan fingerprint density at radius 1 is 0.565 bits per heavy atom. The van der Waals surface area contributed by atoms with E-state index >= 15 is 0 Å². The number of rotatable bonds is 29. The van der Waals surface area contributed by atoms with Crippen LogP contribution in [0, 0.1) is 5.92 Å². The van der Waals surface area contributed by atoms with Crippen molar-refractivity contribution in [3.05, 3.63) is 12.2 Å². The number of unbranched alkanes of at least 4 members (excludes halogenated alkanes) is 9. The summed E-state index contributed by atoms with van der Waals surface area (Å²) in [5.74, 6) is -1.28. The monoisotopic (exact) mass is 655 g/mol. The molecule has 0 saturated carbocycles. The molecule has 0 radical (unpaired) electrons. The van der Waals surface area contributed by atoms with Gasteiger partial charge in [-0.2, -0.15) is 0 Å². The van der Waals surface area contributed by atoms with Crippen LogP contribution < -0.4 is 16.1 Å². The number of hydrogen-bond acceptors (Lipinski definition) is 8. The molecule has 0 saturated heterocycles. The van der Waals surface area contributed by atoms with E-state index in [1.165, 1.54) is 44.0 Å². The van der Waals surface area contributed by atoms with Gasteiger partial charge in [0.2, 0.25) is 29.5 Å². The topological polar surface area (TPSA) is 189 Å². The second-order valence-corrected chi connectivity index (χ2v) is 12.1. The molecule has 0 fully saturated rings. The summed E-state index contributed by atoms with van der Waals surface area (Å²) in [6.07, 6.45) is 17.2. The number of carbonyl (C=O) groups is 5. The summed E-state index contributed by atoms with van der Waals surface area (Å²) in [6.45, 7) is 5.70. The van der Waals surface area contributed by atoms with Crippen molar-refractivity contribution < 1.29 is 39.6 Å². The molecule has 0 aliphatic rings. The Bertz CT molecular complexity index is 884. The smallest absolute Gasteiger partial charge is 0.246 e. The van der Waals surface area contributed by atoms with E-state index < -0.39 is 11.8 Å². The van der Waals surface area contributed by atoms with Gasteiger partial charge < -0.3 is 10.6 Å². The minimum atomic E-state index is -0.630. The van der Waals surface area contributed by atoms with Gasteiger partial charge in [0, 0.05) is 58.3 Å². The van der Waals surface area contributed by atoms with Crippen molar-refractivity contribution in [2.75, 3.05) is 26.2 Å². The predicted molar refractivity (Wildman–Crippen MR) is 175 cm³/mol. The molecule has 0 spiro atoms. The average Bonchev–Trinajstić information content (AvgIpc) is 3.03. The number of hydroxylamine groups is 5. The molecule has 0 bridgehead atoms. The maximum Gasteiger partial charge on any atom is 0.246 e. The Balaban J connectivity index is 3.71. The lowest BCUT2D eigenvalue weighted by Gasteiger charge is -2.15. The third-order valence-corrected chi connectivity index (χ3v) is 7.43. The lowest BCUT2D eigenvalue weighted by molar-refractivity contribution is -0.166. The largest absolute Gasteiger partial charge is 0.356 e. The van der Waals surface area contributed by atoms with Gasteiger partial charge in [-0.15, -0.1) is 0 Å². The summed E-state index contributed by atoms with van der Waals surface area (Å²) in [4.78, 5) is 58.6. The lowest BCUT2D eigenvalue weighted by atomic mass is 10.0. The van der Waals surface area contributed by atoms with Crippen LogP contribution in [0.2, 0.25) is 0 Å². The number of nitrogens with one attached hydrogen (secondary N) is 3. The van der Waals surface area contributed by atoms with Crippen LogP contribution in [0.3, 0.4) is 0 Å². The summed E-state index contributed by atoms with van der Waals surface area (Å²) in [5.41, 5.74) is 1.46. The van der Waals surface area contributed by atoms with Crippen molar-refractivity contribution in [2.45, 2.75) is 136 Å². The zero-order chi connectivity index (χ0) is 34.4. The van der Waals surface area contributed by atoms with Gasteiger partial charge in [0.1, 0.15) is 0 Å². The van der Waals surface area contributed by atoms with Gasteiger partial charge in [0.25, 0.3) is 0 Å². The first-order valence-corrected chi connectivity index (χ1v) is 17.2. The highest BCUT2D eigenvalue weighted by atomic mass is 16.5. The van der Waals surface area contributed by atoms with Gasteiger partial charge in [0.05, 0.1) is 0 Å². The highest BCUT2D eigenvalue weighted by molar-refractivity contribution is 5.83. The van der Waals surface area contributed by atoms with Crippen LogP contribution in [-0.4, -0.2) is 81.5 Å². The fourth-order valence-corrected chi connectivity index (χ4v) is 4.56. The van der Waals surface area contributed by atoms with Crippen molar-refractivity contribution in [1.82, 2.24) is 26.2 Å². The average molecular weight is 656 g/mol. The number of carbonyl (C=O) groups excluding carboxylic acids is 5. The summed E-state index contributed by atoms with van der Waals surface area (Å²) in [6, 6.07) is 0. The minimum Gasteiger partial charge on any atom is -0.356 e. The van der Waals surface area contributed by atoms with Crippen LogP contribution in [0.5, 0.6) is 0 Å². The SMILES string of the molecule is CC(C)CCCCCCC/C=C\CCC(=O)N(O)CCCCCNC(=O)CCC(=O)N(O)CCCCCNC(=O)CCC(=O)NO. The van der Waals surface area contributed by atoms with Gasteiger partial charge in [-0.1, -0.05) is 58.1 Å². The van der Waals surface area contributed by atoms with Crippen LogP contribution in [0.25, 0.3) is 0 Å². The van der Waals surface area contributed by atoms with E-state index in [1.54, 1.807) is 0 Å². The van der Waals surface area contributed by atoms with Gasteiger partial charge in [-0.05, 0) is 63.7 Å². The Labute approximate surface area is 275 Å². The number of amides is 5. The zero-order valence-electron chi connectivity index (χ0n) is 28.3. The maximum atomic E-state index is 12.1. The first-order chi connectivity index (χ1) is 22.1. The summed E-state index contributed by atoms with van der Waals surface area (Å²) < 4.78 is 0. The molecule has 0 aliphatic carbocycles. The molecule has 0 heterocycles. The Morgan fingerprint density at radius 2 is 1.02 bits per heavy atom. The highest BCUT2D eigenvalue weighted by Crippen LogP contribution is 2.12. The Kier molecular flexibility index (Phi) is 27.4. The van der Waals surface area contributed by atoms with Crippen molar-refractivity contribution in [2.24, 2.45) is 5.92 Å². The third-order valence-electron chi connectivity index (χ3n) is 7.43. The standard InChI is InChI=1S/C33H61N5O8/c1-28(2)18-12-8-6-4-3-5-7-9-13-19-32(42)37(45)26-16-10-15-25-35-30(40)22-23-33(43)38(46)27-17-11-14-24-34-29(39)20-21-31(41)36-44/h7,9,28,44-46H,3-6,8,10-27H2,1-2H3,(H,34,39)(H,35,40)(H,36,41)/b9-7-. The van der Waals surface area contributed by atoms with Gasteiger partial charge >= 0.3 is 0 Å². The van der Waals surface area contributed by atoms with Gasteiger partial charge in [0.15, 0.2) is 0 Å². The quantitative estimate of drug-likeness (QED) is 0.0287. The molecular formula is C33H61N5O8. The van der Waals surface area contributed by atoms with Crippen molar-refractivity contribution >= 4 is 29.5 Å². The molecule has 266 valence electrons. The molecule has 0 atom stereocenters. The number of nitrogens with zero attached hydrogens (tertiary/aromatic N) is 2. The van der Waals surface area contributed by atoms with Crippen molar-refractivity contribution in [1.29, 1.82) is 0 Å². The van der Waals surface area contributed by atoms with Crippen LogP contribution in [0.15, 0.2) is 12.2 Å². The van der Waals surface area contributed by atoms with E-state index in [2.05, 4.69) is 30.6 Å². The van der Waals surface area contributed by atoms with Crippen molar-refractivity contribution in [3.63, 3.8) is 0 Å². The molecule has 13 heteroatoms. The molecule has 46 heavy (non-hydrogen) atoms. The van der Waals surface area contributed by atoms with E-state index in [1.807, 2.05) is 6.08 Å². The summed E-state index contributed by atoms with van der Waals surface area (Å²) >= 11 is 0. The van der Waals surface area contributed by atoms with E-state index in [0.29, 0.717) is 56.7 Å². The first kappa shape index (κ1) is 43.0. The van der Waals surface area contributed by atoms with Crippen molar-refractivity contribution in [3.8, 4) is 0 Å². The molecule has 0 unspecified atom stereocenters. The lowest BCUT2D eigenvalue weighted by Crippen LogP contribution is -2.31.